The Morgan fingerprint density at radius 1 is 0.950 bits per heavy atom. The van der Waals surface area contributed by atoms with E-state index in [1.807, 2.05) is 48.5 Å². The molecular formula is C30H31ClN4O4S. The lowest BCUT2D eigenvalue weighted by atomic mass is 10.1. The topological polar surface area (TPSA) is 127 Å². The smallest absolute Gasteiger partial charge is 0.262 e. The highest BCUT2D eigenvalue weighted by atomic mass is 35.5. The number of amidine groups is 1. The molecule has 1 atom stereocenters. The van der Waals surface area contributed by atoms with Crippen molar-refractivity contribution in [3.63, 3.8) is 0 Å². The zero-order chi connectivity index (χ0) is 28.5. The number of hydrogen-bond acceptors (Lipinski definition) is 6. The quantitative estimate of drug-likeness (QED) is 0.0903. The van der Waals surface area contributed by atoms with E-state index < -0.39 is 16.1 Å². The van der Waals surface area contributed by atoms with Crippen LogP contribution >= 0.6 is 11.6 Å². The number of nitrogens with two attached hydrogens (primary N) is 1. The number of hydrogen-bond donors (Lipinski definition) is 4. The summed E-state index contributed by atoms with van der Waals surface area (Å²) < 4.78 is 41.4. The van der Waals surface area contributed by atoms with E-state index in [0.29, 0.717) is 35.5 Å². The molecule has 5 N–H and O–H groups in total. The Hall–Kier alpha value is -4.21. The molecule has 4 rings (SSSR count). The Balaban J connectivity index is 1.65. The third kappa shape index (κ3) is 7.05. The Morgan fingerprint density at radius 3 is 2.20 bits per heavy atom. The fourth-order valence-corrected chi connectivity index (χ4v) is 5.50. The first-order valence-electron chi connectivity index (χ1n) is 12.6. The van der Waals surface area contributed by atoms with Crippen LogP contribution in [0.5, 0.6) is 11.5 Å². The van der Waals surface area contributed by atoms with E-state index in [-0.39, 0.29) is 22.4 Å². The van der Waals surface area contributed by atoms with Gasteiger partial charge in [0.25, 0.3) is 10.0 Å². The van der Waals surface area contributed by atoms with Crippen LogP contribution in [-0.4, -0.2) is 33.8 Å². The summed E-state index contributed by atoms with van der Waals surface area (Å²) >= 11 is 6.25. The predicted octanol–water partition coefficient (Wildman–Crippen LogP) is 5.79. The first kappa shape index (κ1) is 28.8. The number of nitrogen functional groups attached to an aromatic ring is 1. The summed E-state index contributed by atoms with van der Waals surface area (Å²) in [6, 6.07) is 28.5. The summed E-state index contributed by atoms with van der Waals surface area (Å²) in [7, 11) is -2.45. The van der Waals surface area contributed by atoms with Gasteiger partial charge in [-0.2, -0.15) is 0 Å². The molecule has 0 aliphatic carbocycles. The summed E-state index contributed by atoms with van der Waals surface area (Å²) in [6.07, 6.45) is -0.00382. The van der Waals surface area contributed by atoms with E-state index >= 15 is 0 Å². The molecule has 10 heteroatoms. The number of methoxy groups -OCH3 is 1. The van der Waals surface area contributed by atoms with Crippen molar-refractivity contribution in [1.29, 1.82) is 5.41 Å². The number of nitrogens with one attached hydrogen (secondary N) is 3. The maximum Gasteiger partial charge on any atom is 0.262 e. The number of ether oxygens (including phenoxy) is 2. The summed E-state index contributed by atoms with van der Waals surface area (Å²) in [5, 5.41) is 10.9. The van der Waals surface area contributed by atoms with Crippen LogP contribution in [0, 0.1) is 5.41 Å². The van der Waals surface area contributed by atoms with E-state index in [4.69, 9.17) is 32.2 Å². The molecule has 4 aromatic rings. The fourth-order valence-electron chi connectivity index (χ4n) is 4.13. The van der Waals surface area contributed by atoms with E-state index in [1.54, 1.807) is 36.4 Å². The van der Waals surface area contributed by atoms with Crippen molar-refractivity contribution in [3.05, 3.63) is 114 Å². The average molecular weight is 579 g/mol. The largest absolute Gasteiger partial charge is 0.491 e. The van der Waals surface area contributed by atoms with E-state index in [1.165, 1.54) is 19.2 Å². The molecule has 0 bridgehead atoms. The molecule has 0 aliphatic heterocycles. The minimum absolute atomic E-state index is 0.0000320. The van der Waals surface area contributed by atoms with Crippen molar-refractivity contribution in [3.8, 4) is 11.5 Å². The highest BCUT2D eigenvalue weighted by molar-refractivity contribution is 7.92. The predicted molar refractivity (Wildman–Crippen MR) is 160 cm³/mol. The molecule has 0 amide bonds. The molecule has 0 radical (unpaired) electrons. The molecule has 1 unspecified atom stereocenters. The van der Waals surface area contributed by atoms with Crippen molar-refractivity contribution in [2.75, 3.05) is 29.6 Å². The second-order valence-electron chi connectivity index (χ2n) is 8.89. The Bertz CT molecular complexity index is 1530. The maximum absolute atomic E-state index is 13.3. The van der Waals surface area contributed by atoms with Crippen molar-refractivity contribution in [1.82, 2.24) is 0 Å². The Morgan fingerprint density at radius 2 is 1.60 bits per heavy atom. The Labute approximate surface area is 239 Å². The first-order chi connectivity index (χ1) is 19.3. The maximum atomic E-state index is 13.3. The van der Waals surface area contributed by atoms with E-state index in [9.17, 15) is 8.42 Å². The van der Waals surface area contributed by atoms with Gasteiger partial charge in [-0.15, -0.1) is 11.6 Å². The van der Waals surface area contributed by atoms with Gasteiger partial charge in [-0.05, 0) is 60.0 Å². The molecule has 8 nitrogen and oxygen atoms in total. The van der Waals surface area contributed by atoms with Crippen LogP contribution in [-0.2, 0) is 16.4 Å². The van der Waals surface area contributed by atoms with Crippen molar-refractivity contribution in [2.45, 2.75) is 17.4 Å². The van der Waals surface area contributed by atoms with Crippen LogP contribution in [0.2, 0.25) is 0 Å². The number of anilines is 2. The summed E-state index contributed by atoms with van der Waals surface area (Å²) in [4.78, 5) is 0.126. The third-order valence-corrected chi connectivity index (χ3v) is 7.85. The zero-order valence-corrected chi connectivity index (χ0v) is 23.5. The number of halogens is 1. The second kappa shape index (κ2) is 13.2. The Kier molecular flexibility index (Phi) is 9.52. The van der Waals surface area contributed by atoms with Crippen LogP contribution in [0.3, 0.4) is 0 Å². The molecular weight excluding hydrogens is 548 g/mol. The highest BCUT2D eigenvalue weighted by Gasteiger charge is 2.24. The fraction of sp³-hybridized carbons (Fsp3) is 0.167. The summed E-state index contributed by atoms with van der Waals surface area (Å²) in [5.41, 5.74) is 8.90. The van der Waals surface area contributed by atoms with Gasteiger partial charge in [0.1, 0.15) is 11.9 Å². The van der Waals surface area contributed by atoms with Gasteiger partial charge in [-0.1, -0.05) is 54.6 Å². The van der Waals surface area contributed by atoms with Gasteiger partial charge in [-0.3, -0.25) is 10.1 Å². The van der Waals surface area contributed by atoms with Gasteiger partial charge < -0.3 is 20.5 Å². The molecule has 0 aromatic heterocycles. The number of rotatable bonds is 13. The monoisotopic (exact) mass is 578 g/mol. The van der Waals surface area contributed by atoms with E-state index in [0.717, 1.165) is 11.3 Å². The molecule has 40 heavy (non-hydrogen) atoms. The van der Waals surface area contributed by atoms with Crippen LogP contribution in [0.4, 0.5) is 11.4 Å². The standard InChI is InChI=1S/C30H31ClN4O4S/c1-38-29-26(39-27(20-31)21-8-4-2-5-9-21)17-14-22(18-19-34-24-15-12-23(13-16-24)30(32)33)28(29)35-40(36,37)25-10-6-3-7-11-25/h2-17,27,34-35H,18-20H2,1H3,(H3,32,33). The second-order valence-corrected chi connectivity index (χ2v) is 10.9. The molecule has 208 valence electrons. The van der Waals surface area contributed by atoms with Crippen LogP contribution in [0.15, 0.2) is 102 Å². The molecule has 0 heterocycles. The van der Waals surface area contributed by atoms with Gasteiger partial charge in [0, 0.05) is 17.8 Å². The number of sulfonamides is 1. The van der Waals surface area contributed by atoms with Gasteiger partial charge in [0.05, 0.1) is 23.6 Å². The molecule has 0 aliphatic rings. The van der Waals surface area contributed by atoms with Crippen molar-refractivity contribution >= 4 is 38.8 Å². The summed E-state index contributed by atoms with van der Waals surface area (Å²) in [6.45, 7) is 0.497. The zero-order valence-electron chi connectivity index (χ0n) is 21.9. The molecule has 0 saturated carbocycles. The van der Waals surface area contributed by atoms with Crippen molar-refractivity contribution in [2.24, 2.45) is 5.73 Å². The lowest BCUT2D eigenvalue weighted by Crippen LogP contribution is -2.17. The van der Waals surface area contributed by atoms with Crippen LogP contribution in [0.1, 0.15) is 22.8 Å². The van der Waals surface area contributed by atoms with Gasteiger partial charge in [0.2, 0.25) is 0 Å². The average Bonchev–Trinajstić information content (AvgIpc) is 2.98. The lowest BCUT2D eigenvalue weighted by Gasteiger charge is -2.23. The number of benzene rings is 4. The van der Waals surface area contributed by atoms with Crippen LogP contribution in [0.25, 0.3) is 0 Å². The molecule has 0 saturated heterocycles. The van der Waals surface area contributed by atoms with Crippen LogP contribution < -0.4 is 25.2 Å². The first-order valence-corrected chi connectivity index (χ1v) is 14.6. The summed E-state index contributed by atoms with van der Waals surface area (Å²) in [5.74, 6) is 0.805. The van der Waals surface area contributed by atoms with Gasteiger partial charge in [0.15, 0.2) is 11.5 Å². The minimum atomic E-state index is -3.93. The van der Waals surface area contributed by atoms with Gasteiger partial charge in [-0.25, -0.2) is 8.42 Å². The lowest BCUT2D eigenvalue weighted by molar-refractivity contribution is 0.219. The molecule has 4 aromatic carbocycles. The van der Waals surface area contributed by atoms with Gasteiger partial charge >= 0.3 is 0 Å². The highest BCUT2D eigenvalue weighted by Crippen LogP contribution is 2.41. The van der Waals surface area contributed by atoms with E-state index in [2.05, 4.69) is 10.0 Å². The van der Waals surface area contributed by atoms with Crippen molar-refractivity contribution < 1.29 is 17.9 Å². The SMILES string of the molecule is COc1c(OC(CCl)c2ccccc2)ccc(CCNc2ccc(C(=N)N)cc2)c1NS(=O)(=O)c1ccccc1. The molecule has 0 fully saturated rings. The third-order valence-electron chi connectivity index (χ3n) is 6.20. The number of alkyl halides is 1. The molecule has 0 spiro atoms. The minimum Gasteiger partial charge on any atom is -0.491 e. The normalized spacial score (nSPS) is 11.8.